The predicted molar refractivity (Wildman–Crippen MR) is 126 cm³/mol. The van der Waals surface area contributed by atoms with E-state index < -0.39 is 33.9 Å². The first kappa shape index (κ1) is 27.3. The number of benzene rings is 1. The number of hydrogen-bond donors (Lipinski definition) is 1. The molecule has 13 heteroatoms. The minimum Gasteiger partial charge on any atom is -0.350 e. The van der Waals surface area contributed by atoms with Crippen LogP contribution in [-0.2, 0) is 32.5 Å². The second-order valence-electron chi connectivity index (χ2n) is 9.98. The molecule has 0 saturated carbocycles. The summed E-state index contributed by atoms with van der Waals surface area (Å²) < 4.78 is 66.8. The minimum atomic E-state index is -4.44. The average Bonchev–Trinajstić information content (AvgIpc) is 3.31. The molecule has 3 atom stereocenters. The number of likely N-dealkylation sites (tertiary alicyclic amines) is 1. The Labute approximate surface area is 214 Å². The van der Waals surface area contributed by atoms with Gasteiger partial charge < -0.3 is 10.2 Å². The molecule has 1 N–H and O–H groups in total. The van der Waals surface area contributed by atoms with Crippen LogP contribution < -0.4 is 5.32 Å². The zero-order valence-electron chi connectivity index (χ0n) is 20.4. The normalized spacial score (nSPS) is 25.9. The SMILES string of the molecule is CC1CCN(S(=O)(=O)N2CC(C#N)C2)CC1C(=O)N1CCC[C@@H]1C(=O)NCc1ccc(C(F)(F)F)cc1. The van der Waals surface area contributed by atoms with Crippen molar-refractivity contribution in [1.29, 1.82) is 5.26 Å². The minimum absolute atomic E-state index is 0.0203. The highest BCUT2D eigenvalue weighted by Crippen LogP contribution is 2.32. The maximum absolute atomic E-state index is 13.5. The Bertz CT molecular complexity index is 1160. The lowest BCUT2D eigenvalue weighted by Crippen LogP contribution is -2.58. The number of hydrogen-bond acceptors (Lipinski definition) is 5. The molecule has 0 radical (unpaired) electrons. The number of carbonyl (C=O) groups excluding carboxylic acids is 2. The summed E-state index contributed by atoms with van der Waals surface area (Å²) in [6, 6.07) is 5.85. The third kappa shape index (κ3) is 5.76. The fraction of sp³-hybridized carbons (Fsp3) is 0.625. The van der Waals surface area contributed by atoms with Gasteiger partial charge in [-0.25, -0.2) is 0 Å². The van der Waals surface area contributed by atoms with Crippen LogP contribution in [0.2, 0.25) is 0 Å². The number of nitriles is 1. The topological polar surface area (TPSA) is 114 Å². The fourth-order valence-electron chi connectivity index (χ4n) is 5.08. The molecule has 3 saturated heterocycles. The van der Waals surface area contributed by atoms with E-state index in [1.807, 2.05) is 6.92 Å². The summed E-state index contributed by atoms with van der Waals surface area (Å²) in [6.45, 7) is 2.92. The number of nitrogens with one attached hydrogen (secondary N) is 1. The van der Waals surface area contributed by atoms with Crippen LogP contribution in [0, 0.1) is 29.1 Å². The van der Waals surface area contributed by atoms with Crippen molar-refractivity contribution in [2.45, 2.75) is 44.9 Å². The van der Waals surface area contributed by atoms with Crippen molar-refractivity contribution in [2.24, 2.45) is 17.8 Å². The molecule has 3 heterocycles. The number of rotatable bonds is 6. The zero-order chi connectivity index (χ0) is 27.0. The maximum atomic E-state index is 13.5. The molecule has 3 fully saturated rings. The number of piperidine rings is 1. The molecule has 2 amide bonds. The summed E-state index contributed by atoms with van der Waals surface area (Å²) in [7, 11) is -3.77. The van der Waals surface area contributed by atoms with Crippen LogP contribution in [0.25, 0.3) is 0 Å². The molecule has 3 aliphatic heterocycles. The number of alkyl halides is 3. The predicted octanol–water partition coefficient (Wildman–Crippen LogP) is 1.97. The van der Waals surface area contributed by atoms with Crippen molar-refractivity contribution in [3.63, 3.8) is 0 Å². The number of nitrogens with zero attached hydrogens (tertiary/aromatic N) is 4. The van der Waals surface area contributed by atoms with E-state index in [1.165, 1.54) is 25.6 Å². The lowest BCUT2D eigenvalue weighted by atomic mass is 9.87. The van der Waals surface area contributed by atoms with Crippen LogP contribution in [0.5, 0.6) is 0 Å². The second kappa shape index (κ2) is 10.6. The fourth-order valence-corrected chi connectivity index (χ4v) is 6.82. The van der Waals surface area contributed by atoms with Gasteiger partial charge in [-0.15, -0.1) is 0 Å². The summed E-state index contributed by atoms with van der Waals surface area (Å²) in [5.74, 6) is -1.64. The molecule has 0 aromatic heterocycles. The van der Waals surface area contributed by atoms with Crippen molar-refractivity contribution in [1.82, 2.24) is 18.8 Å². The van der Waals surface area contributed by atoms with E-state index >= 15 is 0 Å². The Morgan fingerprint density at radius 2 is 1.76 bits per heavy atom. The first-order valence-corrected chi connectivity index (χ1v) is 13.7. The first-order valence-electron chi connectivity index (χ1n) is 12.3. The standard InChI is InChI=1S/C24H30F3N5O4S/c1-16-8-10-30(37(35,36)31-13-18(11-28)14-31)15-20(16)23(34)32-9-2-3-21(32)22(33)29-12-17-4-6-19(7-5-17)24(25,26)27/h4-7,16,18,20-21H,2-3,8-10,12-15H2,1H3,(H,29,33)/t16?,20?,21-/m1/s1. The molecule has 1 aromatic rings. The summed E-state index contributed by atoms with van der Waals surface area (Å²) in [5, 5.41) is 11.7. The number of carbonyl (C=O) groups is 2. The molecule has 202 valence electrons. The monoisotopic (exact) mass is 541 g/mol. The largest absolute Gasteiger partial charge is 0.416 e. The molecular weight excluding hydrogens is 511 g/mol. The Hall–Kier alpha value is -2.69. The highest BCUT2D eigenvalue weighted by Gasteiger charge is 2.46. The molecule has 0 bridgehead atoms. The highest BCUT2D eigenvalue weighted by atomic mass is 32.2. The van der Waals surface area contributed by atoms with Crippen molar-refractivity contribution < 1.29 is 31.2 Å². The van der Waals surface area contributed by atoms with Gasteiger partial charge in [0.15, 0.2) is 0 Å². The van der Waals surface area contributed by atoms with Crippen LogP contribution in [0.1, 0.15) is 37.3 Å². The lowest BCUT2D eigenvalue weighted by Gasteiger charge is -2.42. The van der Waals surface area contributed by atoms with E-state index in [0.717, 1.165) is 12.1 Å². The van der Waals surface area contributed by atoms with E-state index in [0.29, 0.717) is 31.4 Å². The summed E-state index contributed by atoms with van der Waals surface area (Å²) in [6.07, 6.45) is -2.86. The smallest absolute Gasteiger partial charge is 0.350 e. The molecular formula is C24H30F3N5O4S. The van der Waals surface area contributed by atoms with E-state index in [2.05, 4.69) is 11.4 Å². The lowest BCUT2D eigenvalue weighted by molar-refractivity contribution is -0.144. The number of amides is 2. The van der Waals surface area contributed by atoms with Gasteiger partial charge in [-0.3, -0.25) is 9.59 Å². The highest BCUT2D eigenvalue weighted by molar-refractivity contribution is 7.86. The van der Waals surface area contributed by atoms with Gasteiger partial charge in [0.1, 0.15) is 6.04 Å². The second-order valence-corrected chi connectivity index (χ2v) is 11.9. The van der Waals surface area contributed by atoms with Gasteiger partial charge in [-0.2, -0.15) is 35.5 Å². The first-order chi connectivity index (χ1) is 17.4. The summed E-state index contributed by atoms with van der Waals surface area (Å²) in [5.41, 5.74) is -0.268. The van der Waals surface area contributed by atoms with Gasteiger partial charge in [-0.1, -0.05) is 19.1 Å². The van der Waals surface area contributed by atoms with Crippen LogP contribution in [0.15, 0.2) is 24.3 Å². The Morgan fingerprint density at radius 3 is 2.38 bits per heavy atom. The molecule has 0 aliphatic carbocycles. The van der Waals surface area contributed by atoms with Gasteiger partial charge in [0.25, 0.3) is 10.2 Å². The molecule has 2 unspecified atom stereocenters. The molecule has 3 aliphatic rings. The molecule has 4 rings (SSSR count). The van der Waals surface area contributed by atoms with Gasteiger partial charge in [-0.05, 0) is 42.9 Å². The quantitative estimate of drug-likeness (QED) is 0.592. The van der Waals surface area contributed by atoms with Crippen molar-refractivity contribution in [2.75, 3.05) is 32.7 Å². The van der Waals surface area contributed by atoms with E-state index in [-0.39, 0.29) is 56.4 Å². The van der Waals surface area contributed by atoms with Crippen LogP contribution in [0.4, 0.5) is 13.2 Å². The molecule has 37 heavy (non-hydrogen) atoms. The van der Waals surface area contributed by atoms with E-state index in [1.54, 1.807) is 0 Å². The summed E-state index contributed by atoms with van der Waals surface area (Å²) in [4.78, 5) is 27.9. The third-order valence-electron chi connectivity index (χ3n) is 7.51. The summed E-state index contributed by atoms with van der Waals surface area (Å²) >= 11 is 0. The van der Waals surface area contributed by atoms with Crippen molar-refractivity contribution in [3.05, 3.63) is 35.4 Å². The van der Waals surface area contributed by atoms with Gasteiger partial charge in [0.2, 0.25) is 11.8 Å². The zero-order valence-corrected chi connectivity index (χ0v) is 21.3. The van der Waals surface area contributed by atoms with Crippen LogP contribution in [0.3, 0.4) is 0 Å². The van der Waals surface area contributed by atoms with E-state index in [4.69, 9.17) is 5.26 Å². The molecule has 0 spiro atoms. The maximum Gasteiger partial charge on any atom is 0.416 e. The Kier molecular flexibility index (Phi) is 7.83. The van der Waals surface area contributed by atoms with Crippen LogP contribution >= 0.6 is 0 Å². The average molecular weight is 542 g/mol. The van der Waals surface area contributed by atoms with Crippen molar-refractivity contribution in [3.8, 4) is 6.07 Å². The van der Waals surface area contributed by atoms with Gasteiger partial charge >= 0.3 is 6.18 Å². The molecule has 9 nitrogen and oxygen atoms in total. The van der Waals surface area contributed by atoms with Gasteiger partial charge in [0, 0.05) is 39.3 Å². The number of halogens is 3. The van der Waals surface area contributed by atoms with E-state index in [9.17, 15) is 31.2 Å². The molecule has 1 aromatic carbocycles. The van der Waals surface area contributed by atoms with Gasteiger partial charge in [0.05, 0.1) is 23.5 Å². The van der Waals surface area contributed by atoms with Crippen LogP contribution in [-0.4, -0.2) is 72.5 Å². The third-order valence-corrected chi connectivity index (χ3v) is 9.44. The Balaban J connectivity index is 1.37. The Morgan fingerprint density at radius 1 is 1.08 bits per heavy atom. The van der Waals surface area contributed by atoms with Crippen molar-refractivity contribution >= 4 is 22.0 Å².